The van der Waals surface area contributed by atoms with Crippen molar-refractivity contribution in [3.63, 3.8) is 0 Å². The van der Waals surface area contributed by atoms with Gasteiger partial charge in [-0.25, -0.2) is 17.2 Å². The molecule has 196 valence electrons. The van der Waals surface area contributed by atoms with Crippen LogP contribution >= 0.6 is 0 Å². The van der Waals surface area contributed by atoms with Crippen LogP contribution in [0.3, 0.4) is 0 Å². The number of methoxy groups -OCH3 is 1. The first-order valence-corrected chi connectivity index (χ1v) is 13.8. The average molecular weight is 531 g/mol. The Labute approximate surface area is 223 Å². The number of esters is 1. The van der Waals surface area contributed by atoms with Crippen LogP contribution in [0.4, 0.5) is 0 Å². The van der Waals surface area contributed by atoms with E-state index < -0.39 is 34.3 Å². The second-order valence-electron chi connectivity index (χ2n) is 10.5. The SMILES string of the molecule is COC(=O)c1ccc2c(B3OC(C)(C)C(C)(C)O3)c(-c3ccccc3)n(S(=O)(=O)c3ccc(C)cc3)c2c1. The first-order valence-electron chi connectivity index (χ1n) is 12.4. The molecular formula is C29H30BNO6S. The van der Waals surface area contributed by atoms with Crippen LogP contribution in [-0.4, -0.2) is 43.8 Å². The van der Waals surface area contributed by atoms with E-state index in [0.717, 1.165) is 5.56 Å². The van der Waals surface area contributed by atoms with Crippen molar-refractivity contribution in [3.05, 3.63) is 83.9 Å². The van der Waals surface area contributed by atoms with Crippen LogP contribution in [0.5, 0.6) is 0 Å². The molecule has 0 radical (unpaired) electrons. The molecule has 3 aromatic carbocycles. The Bertz CT molecular complexity index is 1620. The second kappa shape index (κ2) is 9.11. The fraction of sp³-hybridized carbons (Fsp3) is 0.276. The minimum absolute atomic E-state index is 0.126. The minimum Gasteiger partial charge on any atom is -0.465 e. The molecule has 1 aromatic heterocycles. The second-order valence-corrected chi connectivity index (χ2v) is 12.3. The van der Waals surface area contributed by atoms with E-state index >= 15 is 0 Å². The highest BCUT2D eigenvalue weighted by molar-refractivity contribution is 7.90. The summed E-state index contributed by atoms with van der Waals surface area (Å²) in [4.78, 5) is 12.6. The van der Waals surface area contributed by atoms with E-state index in [2.05, 4.69) is 0 Å². The summed E-state index contributed by atoms with van der Waals surface area (Å²) >= 11 is 0. The molecule has 1 aliphatic rings. The van der Waals surface area contributed by atoms with Crippen LogP contribution in [0.1, 0.15) is 43.6 Å². The lowest BCUT2D eigenvalue weighted by atomic mass is 9.75. The zero-order valence-electron chi connectivity index (χ0n) is 22.3. The van der Waals surface area contributed by atoms with Gasteiger partial charge >= 0.3 is 13.1 Å². The quantitative estimate of drug-likeness (QED) is 0.268. The minimum atomic E-state index is -4.12. The van der Waals surface area contributed by atoms with E-state index in [9.17, 15) is 13.2 Å². The lowest BCUT2D eigenvalue weighted by molar-refractivity contribution is 0.00578. The molecule has 1 saturated heterocycles. The van der Waals surface area contributed by atoms with Gasteiger partial charge in [-0.3, -0.25) is 0 Å². The highest BCUT2D eigenvalue weighted by Gasteiger charge is 2.53. The lowest BCUT2D eigenvalue weighted by Crippen LogP contribution is -2.41. The Morgan fingerprint density at radius 3 is 2.08 bits per heavy atom. The molecule has 5 rings (SSSR count). The summed E-state index contributed by atoms with van der Waals surface area (Å²) in [6.45, 7) is 9.70. The van der Waals surface area contributed by atoms with Crippen molar-refractivity contribution < 1.29 is 27.3 Å². The Balaban J connectivity index is 1.91. The van der Waals surface area contributed by atoms with Crippen LogP contribution in [0, 0.1) is 6.92 Å². The van der Waals surface area contributed by atoms with Gasteiger partial charge in [0.2, 0.25) is 0 Å². The van der Waals surface area contributed by atoms with Gasteiger partial charge in [0.05, 0.1) is 40.0 Å². The summed E-state index contributed by atoms with van der Waals surface area (Å²) < 4.78 is 47.8. The third-order valence-corrected chi connectivity index (χ3v) is 9.21. The number of rotatable bonds is 5. The smallest absolute Gasteiger partial charge is 0.465 e. The van der Waals surface area contributed by atoms with Crippen LogP contribution in [0.15, 0.2) is 77.7 Å². The summed E-state index contributed by atoms with van der Waals surface area (Å²) in [5.41, 5.74) is 1.87. The van der Waals surface area contributed by atoms with Gasteiger partial charge in [-0.2, -0.15) is 0 Å². The van der Waals surface area contributed by atoms with Crippen molar-refractivity contribution in [2.24, 2.45) is 0 Å². The van der Waals surface area contributed by atoms with Gasteiger partial charge in [-0.05, 0) is 64.4 Å². The molecule has 1 fully saturated rings. The third-order valence-electron chi connectivity index (χ3n) is 7.48. The van der Waals surface area contributed by atoms with Gasteiger partial charge in [-0.1, -0.05) is 54.1 Å². The molecule has 2 heterocycles. The van der Waals surface area contributed by atoms with Crippen molar-refractivity contribution in [1.82, 2.24) is 3.97 Å². The van der Waals surface area contributed by atoms with Crippen LogP contribution < -0.4 is 5.46 Å². The highest BCUT2D eigenvalue weighted by Crippen LogP contribution is 2.40. The number of nitrogens with zero attached hydrogens (tertiary/aromatic N) is 1. The fourth-order valence-corrected chi connectivity index (χ4v) is 6.21. The maximum Gasteiger partial charge on any atom is 0.497 e. The van der Waals surface area contributed by atoms with E-state index in [0.29, 0.717) is 27.6 Å². The number of aryl methyl sites for hydroxylation is 1. The van der Waals surface area contributed by atoms with Gasteiger partial charge in [-0.15, -0.1) is 0 Å². The summed E-state index contributed by atoms with van der Waals surface area (Å²) in [5, 5.41) is 0.602. The van der Waals surface area contributed by atoms with Crippen molar-refractivity contribution >= 4 is 39.5 Å². The predicted molar refractivity (Wildman–Crippen MR) is 148 cm³/mol. The number of hydrogen-bond donors (Lipinski definition) is 0. The normalized spacial score (nSPS) is 16.6. The summed E-state index contributed by atoms with van der Waals surface area (Å²) in [6, 6.07) is 20.9. The van der Waals surface area contributed by atoms with E-state index in [1.807, 2.05) is 65.0 Å². The molecule has 7 nitrogen and oxygen atoms in total. The average Bonchev–Trinajstić information content (AvgIpc) is 3.34. The molecule has 1 aliphatic heterocycles. The van der Waals surface area contributed by atoms with Gasteiger partial charge in [0.1, 0.15) is 0 Å². The Morgan fingerprint density at radius 1 is 0.895 bits per heavy atom. The Morgan fingerprint density at radius 2 is 1.50 bits per heavy atom. The number of carbonyl (C=O) groups excluding carboxylic acids is 1. The van der Waals surface area contributed by atoms with Crippen LogP contribution in [0.2, 0.25) is 0 Å². The van der Waals surface area contributed by atoms with Crippen LogP contribution in [0.25, 0.3) is 22.2 Å². The molecule has 0 saturated carbocycles. The fourth-order valence-electron chi connectivity index (χ4n) is 4.66. The summed E-state index contributed by atoms with van der Waals surface area (Å²) in [7, 11) is -3.68. The van der Waals surface area contributed by atoms with E-state index in [4.69, 9.17) is 14.0 Å². The maximum absolute atomic E-state index is 14.4. The van der Waals surface area contributed by atoms with E-state index in [1.165, 1.54) is 11.1 Å². The molecule has 38 heavy (non-hydrogen) atoms. The Kier molecular flexibility index (Phi) is 6.29. The van der Waals surface area contributed by atoms with Crippen LogP contribution in [-0.2, 0) is 24.1 Å². The molecule has 0 atom stereocenters. The van der Waals surface area contributed by atoms with Gasteiger partial charge in [0, 0.05) is 10.8 Å². The summed E-state index contributed by atoms with van der Waals surface area (Å²) in [6.07, 6.45) is 0. The third kappa shape index (κ3) is 4.15. The van der Waals surface area contributed by atoms with Gasteiger partial charge in [0.25, 0.3) is 10.0 Å². The van der Waals surface area contributed by atoms with Gasteiger partial charge in [0.15, 0.2) is 0 Å². The number of fused-ring (bicyclic) bond motifs is 1. The summed E-state index contributed by atoms with van der Waals surface area (Å²) in [5.74, 6) is -0.564. The molecule has 0 spiro atoms. The van der Waals surface area contributed by atoms with Gasteiger partial charge < -0.3 is 14.0 Å². The molecule has 0 aliphatic carbocycles. The number of aromatic nitrogens is 1. The topological polar surface area (TPSA) is 83.8 Å². The van der Waals surface area contributed by atoms with Crippen molar-refractivity contribution in [3.8, 4) is 11.3 Å². The molecule has 0 N–H and O–H groups in total. The molecule has 4 aromatic rings. The molecule has 0 bridgehead atoms. The number of ether oxygens (including phenoxy) is 1. The predicted octanol–water partition coefficient (Wildman–Crippen LogP) is 4.94. The first kappa shape index (κ1) is 26.2. The standard InChI is InChI=1S/C29H30BNO6S/c1-19-12-15-22(16-13-19)38(33,34)31-24-18-21(27(32)35-6)14-17-23(24)25(26(31)20-10-8-7-9-11-20)30-36-28(2,3)29(4,5)37-30/h7-18H,1-6H3. The molecule has 9 heteroatoms. The number of carbonyl (C=O) groups is 1. The largest absolute Gasteiger partial charge is 0.497 e. The van der Waals surface area contributed by atoms with Crippen molar-refractivity contribution in [2.75, 3.05) is 7.11 Å². The number of hydrogen-bond acceptors (Lipinski definition) is 6. The number of benzene rings is 3. The van der Waals surface area contributed by atoms with Crippen molar-refractivity contribution in [1.29, 1.82) is 0 Å². The van der Waals surface area contributed by atoms with E-state index in [-0.39, 0.29) is 10.5 Å². The molecular weight excluding hydrogens is 501 g/mol. The van der Waals surface area contributed by atoms with Crippen molar-refractivity contribution in [2.45, 2.75) is 50.7 Å². The lowest BCUT2D eigenvalue weighted by Gasteiger charge is -2.32. The first-order chi connectivity index (χ1) is 17.9. The van der Waals surface area contributed by atoms with E-state index in [1.54, 1.807) is 42.5 Å². The monoisotopic (exact) mass is 531 g/mol. The molecule has 0 unspecified atom stereocenters. The Hall–Kier alpha value is -3.40. The molecule has 0 amide bonds. The zero-order chi connectivity index (χ0) is 27.5. The zero-order valence-corrected chi connectivity index (χ0v) is 23.1. The maximum atomic E-state index is 14.4. The highest BCUT2D eigenvalue weighted by atomic mass is 32.2.